The highest BCUT2D eigenvalue weighted by atomic mass is 32.1. The van der Waals surface area contributed by atoms with Crippen LogP contribution >= 0.6 is 11.3 Å². The number of fused-ring (bicyclic) bond motifs is 1. The summed E-state index contributed by atoms with van der Waals surface area (Å²) >= 11 is 2.11. The third-order valence-electron chi connectivity index (χ3n) is 4.62. The van der Waals surface area contributed by atoms with Gasteiger partial charge in [-0.1, -0.05) is 19.8 Å². The van der Waals surface area contributed by atoms with E-state index in [2.05, 4.69) is 29.6 Å². The van der Waals surface area contributed by atoms with Gasteiger partial charge in [0.1, 0.15) is 0 Å². The Hall–Kier alpha value is -0.340. The van der Waals surface area contributed by atoms with Crippen LogP contribution in [0, 0.1) is 5.92 Å². The molecule has 1 aromatic rings. The van der Waals surface area contributed by atoms with Crippen LogP contribution in [-0.2, 0) is 12.8 Å². The summed E-state index contributed by atoms with van der Waals surface area (Å²) in [6.45, 7) is 3.35. The van der Waals surface area contributed by atoms with Crippen molar-refractivity contribution in [1.29, 1.82) is 0 Å². The molecule has 3 rings (SSSR count). The Balaban J connectivity index is 1.82. The summed E-state index contributed by atoms with van der Waals surface area (Å²) in [7, 11) is 0. The molecule has 0 aliphatic heterocycles. The Morgan fingerprint density at radius 2 is 2.00 bits per heavy atom. The zero-order valence-electron chi connectivity index (χ0n) is 11.5. The van der Waals surface area contributed by atoms with Crippen LogP contribution in [0.1, 0.15) is 66.8 Å². The molecule has 2 heteroatoms. The Bertz CT molecular complexity index is 366. The number of rotatable bonds is 4. The molecule has 1 nitrogen and oxygen atoms in total. The second kappa shape index (κ2) is 5.75. The second-order valence-corrected chi connectivity index (χ2v) is 7.05. The van der Waals surface area contributed by atoms with E-state index >= 15 is 0 Å². The number of thiophene rings is 1. The molecule has 2 aliphatic carbocycles. The molecular weight excluding hydrogens is 238 g/mol. The van der Waals surface area contributed by atoms with Crippen LogP contribution in [0.3, 0.4) is 0 Å². The minimum atomic E-state index is 0.646. The summed E-state index contributed by atoms with van der Waals surface area (Å²) in [5, 5.41) is 3.76. The maximum Gasteiger partial charge on any atom is 0.0443 e. The van der Waals surface area contributed by atoms with Gasteiger partial charge >= 0.3 is 0 Å². The van der Waals surface area contributed by atoms with Crippen LogP contribution < -0.4 is 5.32 Å². The average Bonchev–Trinajstić information content (AvgIpc) is 3.04. The largest absolute Gasteiger partial charge is 0.309 e. The molecule has 1 atom stereocenters. The predicted molar refractivity (Wildman–Crippen MR) is 79.3 cm³/mol. The van der Waals surface area contributed by atoms with E-state index in [-0.39, 0.29) is 0 Å². The van der Waals surface area contributed by atoms with E-state index in [1.165, 1.54) is 51.4 Å². The van der Waals surface area contributed by atoms with Crippen LogP contribution in [0.15, 0.2) is 6.07 Å². The summed E-state index contributed by atoms with van der Waals surface area (Å²) in [5.41, 5.74) is 1.67. The molecule has 0 bridgehead atoms. The first-order valence-corrected chi connectivity index (χ1v) is 8.55. The topological polar surface area (TPSA) is 12.0 Å². The zero-order valence-corrected chi connectivity index (χ0v) is 12.3. The van der Waals surface area contributed by atoms with Crippen molar-refractivity contribution in [2.45, 2.75) is 64.3 Å². The van der Waals surface area contributed by atoms with Crippen LogP contribution in [0.25, 0.3) is 0 Å². The van der Waals surface area contributed by atoms with Gasteiger partial charge < -0.3 is 5.32 Å². The first kappa shape index (κ1) is 12.7. The van der Waals surface area contributed by atoms with Crippen LogP contribution in [0.5, 0.6) is 0 Å². The van der Waals surface area contributed by atoms with E-state index in [9.17, 15) is 0 Å². The molecule has 1 fully saturated rings. The smallest absolute Gasteiger partial charge is 0.0443 e. The first-order chi connectivity index (χ1) is 8.88. The third kappa shape index (κ3) is 2.50. The van der Waals surface area contributed by atoms with Gasteiger partial charge in [-0.25, -0.2) is 0 Å². The Morgan fingerprint density at radius 1 is 1.22 bits per heavy atom. The molecule has 0 radical (unpaired) electrons. The molecule has 1 saturated carbocycles. The fourth-order valence-electron chi connectivity index (χ4n) is 3.68. The Labute approximate surface area is 115 Å². The van der Waals surface area contributed by atoms with Gasteiger partial charge in [-0.2, -0.15) is 0 Å². The summed E-state index contributed by atoms with van der Waals surface area (Å²) in [5.74, 6) is 0.894. The molecule has 1 unspecified atom stereocenters. The van der Waals surface area contributed by atoms with E-state index in [4.69, 9.17) is 0 Å². The molecule has 1 aromatic heterocycles. The number of nitrogens with one attached hydrogen (secondary N) is 1. The fourth-order valence-corrected chi connectivity index (χ4v) is 5.10. The van der Waals surface area contributed by atoms with Crippen LogP contribution in [0.2, 0.25) is 0 Å². The third-order valence-corrected chi connectivity index (χ3v) is 5.94. The van der Waals surface area contributed by atoms with E-state index in [0.29, 0.717) is 6.04 Å². The summed E-state index contributed by atoms with van der Waals surface area (Å²) < 4.78 is 0. The lowest BCUT2D eigenvalue weighted by molar-refractivity contribution is 0.379. The minimum absolute atomic E-state index is 0.646. The zero-order chi connectivity index (χ0) is 12.4. The standard InChI is InChI=1S/C16H25NS/c1-2-17-16(12-7-3-4-8-12)15-11-13-9-5-6-10-14(13)18-15/h11-12,16-17H,2-10H2,1H3. The van der Waals surface area contributed by atoms with Crippen molar-refractivity contribution in [3.63, 3.8) is 0 Å². The lowest BCUT2D eigenvalue weighted by atomic mass is 9.94. The lowest BCUT2D eigenvalue weighted by Gasteiger charge is -2.23. The normalized spacial score (nSPS) is 22.1. The quantitative estimate of drug-likeness (QED) is 0.845. The highest BCUT2D eigenvalue weighted by molar-refractivity contribution is 7.12. The number of aryl methyl sites for hydroxylation is 2. The SMILES string of the molecule is CCNC(c1cc2c(s1)CCCC2)C1CCCC1. The van der Waals surface area contributed by atoms with Gasteiger partial charge in [0.05, 0.1) is 0 Å². The van der Waals surface area contributed by atoms with Crippen molar-refractivity contribution in [2.75, 3.05) is 6.54 Å². The van der Waals surface area contributed by atoms with Crippen molar-refractivity contribution in [2.24, 2.45) is 5.92 Å². The van der Waals surface area contributed by atoms with Gasteiger partial charge in [-0.05, 0) is 62.6 Å². The molecule has 0 amide bonds. The maximum atomic E-state index is 3.76. The molecule has 1 heterocycles. The Kier molecular flexibility index (Phi) is 4.05. The van der Waals surface area contributed by atoms with E-state index in [1.807, 2.05) is 0 Å². The molecule has 100 valence electrons. The number of hydrogen-bond donors (Lipinski definition) is 1. The molecule has 1 N–H and O–H groups in total. The van der Waals surface area contributed by atoms with Gasteiger partial charge in [-0.15, -0.1) is 11.3 Å². The Morgan fingerprint density at radius 3 is 2.72 bits per heavy atom. The molecule has 18 heavy (non-hydrogen) atoms. The molecule has 2 aliphatic rings. The molecule has 0 aromatic carbocycles. The van der Waals surface area contributed by atoms with Crippen molar-refractivity contribution < 1.29 is 0 Å². The van der Waals surface area contributed by atoms with E-state index in [0.717, 1.165) is 12.5 Å². The van der Waals surface area contributed by atoms with Crippen molar-refractivity contribution >= 4 is 11.3 Å². The highest BCUT2D eigenvalue weighted by Gasteiger charge is 2.28. The monoisotopic (exact) mass is 263 g/mol. The van der Waals surface area contributed by atoms with Gasteiger partial charge in [0, 0.05) is 15.8 Å². The highest BCUT2D eigenvalue weighted by Crippen LogP contribution is 2.40. The predicted octanol–water partition coefficient (Wildman–Crippen LogP) is 4.47. The van der Waals surface area contributed by atoms with Crippen molar-refractivity contribution in [1.82, 2.24) is 5.32 Å². The maximum absolute atomic E-state index is 3.76. The second-order valence-electron chi connectivity index (χ2n) is 5.88. The van der Waals surface area contributed by atoms with Gasteiger partial charge in [-0.3, -0.25) is 0 Å². The van der Waals surface area contributed by atoms with Gasteiger partial charge in [0.25, 0.3) is 0 Å². The minimum Gasteiger partial charge on any atom is -0.309 e. The molecular formula is C16H25NS. The van der Waals surface area contributed by atoms with E-state index < -0.39 is 0 Å². The van der Waals surface area contributed by atoms with Gasteiger partial charge in [0.15, 0.2) is 0 Å². The van der Waals surface area contributed by atoms with Crippen LogP contribution in [-0.4, -0.2) is 6.54 Å². The van der Waals surface area contributed by atoms with Crippen molar-refractivity contribution in [3.8, 4) is 0 Å². The van der Waals surface area contributed by atoms with Crippen LogP contribution in [0.4, 0.5) is 0 Å². The summed E-state index contributed by atoms with van der Waals surface area (Å²) in [6, 6.07) is 3.18. The lowest BCUT2D eigenvalue weighted by Crippen LogP contribution is -2.26. The molecule has 0 saturated heterocycles. The number of hydrogen-bond acceptors (Lipinski definition) is 2. The van der Waals surface area contributed by atoms with E-state index in [1.54, 1.807) is 15.3 Å². The van der Waals surface area contributed by atoms with Gasteiger partial charge in [0.2, 0.25) is 0 Å². The molecule has 0 spiro atoms. The van der Waals surface area contributed by atoms with Crippen molar-refractivity contribution in [3.05, 3.63) is 21.4 Å². The summed E-state index contributed by atoms with van der Waals surface area (Å²) in [4.78, 5) is 3.33. The first-order valence-electron chi connectivity index (χ1n) is 7.73. The summed E-state index contributed by atoms with van der Waals surface area (Å²) in [6.07, 6.45) is 11.2. The fraction of sp³-hybridized carbons (Fsp3) is 0.750. The average molecular weight is 263 g/mol.